The van der Waals surface area contributed by atoms with Crippen LogP contribution in [0.2, 0.25) is 0 Å². The van der Waals surface area contributed by atoms with Gasteiger partial charge in [0.2, 0.25) is 0 Å². The van der Waals surface area contributed by atoms with E-state index in [1.54, 1.807) is 6.07 Å². The van der Waals surface area contributed by atoms with Gasteiger partial charge in [-0.25, -0.2) is 4.39 Å². The van der Waals surface area contributed by atoms with Crippen LogP contribution < -0.4 is 5.32 Å². The minimum absolute atomic E-state index is 0.0934. The molecule has 1 N–H and O–H groups in total. The standard InChI is InChI=1S/C19H22FN/c1-4-12-21-15(3)14(2)17-10-11-18(19(20)13-17)16-8-6-5-7-9-16/h5-11,13-14,21H,3-4,12H2,1-2H3. The van der Waals surface area contributed by atoms with Crippen molar-refractivity contribution in [1.82, 2.24) is 5.32 Å². The molecule has 2 aromatic carbocycles. The van der Waals surface area contributed by atoms with Gasteiger partial charge < -0.3 is 5.32 Å². The number of hydrogen-bond acceptors (Lipinski definition) is 1. The van der Waals surface area contributed by atoms with E-state index in [4.69, 9.17) is 0 Å². The molecule has 0 saturated carbocycles. The van der Waals surface area contributed by atoms with Gasteiger partial charge in [-0.15, -0.1) is 0 Å². The average Bonchev–Trinajstić information content (AvgIpc) is 2.52. The molecule has 0 saturated heterocycles. The van der Waals surface area contributed by atoms with E-state index in [-0.39, 0.29) is 11.7 Å². The van der Waals surface area contributed by atoms with Crippen LogP contribution in [0.5, 0.6) is 0 Å². The van der Waals surface area contributed by atoms with E-state index in [1.165, 1.54) is 0 Å². The molecule has 0 amide bonds. The van der Waals surface area contributed by atoms with Crippen molar-refractivity contribution in [3.63, 3.8) is 0 Å². The molecule has 0 aliphatic rings. The third-order valence-corrected chi connectivity index (χ3v) is 3.70. The number of benzene rings is 2. The molecule has 1 nitrogen and oxygen atoms in total. The first-order valence-corrected chi connectivity index (χ1v) is 7.41. The average molecular weight is 283 g/mol. The lowest BCUT2D eigenvalue weighted by Crippen LogP contribution is -2.17. The lowest BCUT2D eigenvalue weighted by Gasteiger charge is -2.17. The third-order valence-electron chi connectivity index (χ3n) is 3.70. The highest BCUT2D eigenvalue weighted by molar-refractivity contribution is 5.64. The van der Waals surface area contributed by atoms with Crippen LogP contribution in [0.25, 0.3) is 11.1 Å². The van der Waals surface area contributed by atoms with Gasteiger partial charge >= 0.3 is 0 Å². The van der Waals surface area contributed by atoms with Gasteiger partial charge in [0.25, 0.3) is 0 Å². The molecule has 0 aliphatic carbocycles. The van der Waals surface area contributed by atoms with Gasteiger partial charge in [-0.05, 0) is 23.6 Å². The van der Waals surface area contributed by atoms with Crippen molar-refractivity contribution in [2.24, 2.45) is 0 Å². The molecule has 0 heterocycles. The van der Waals surface area contributed by atoms with Gasteiger partial charge in [0.1, 0.15) is 5.82 Å². The predicted molar refractivity (Wildman–Crippen MR) is 87.7 cm³/mol. The van der Waals surface area contributed by atoms with E-state index < -0.39 is 0 Å². The molecule has 2 heteroatoms. The minimum Gasteiger partial charge on any atom is -0.388 e. The SMILES string of the molecule is C=C(NCCC)C(C)c1ccc(-c2ccccc2)c(F)c1. The topological polar surface area (TPSA) is 12.0 Å². The molecular weight excluding hydrogens is 261 g/mol. The van der Waals surface area contributed by atoms with Crippen molar-refractivity contribution < 1.29 is 4.39 Å². The Hall–Kier alpha value is -2.09. The quantitative estimate of drug-likeness (QED) is 0.777. The Balaban J connectivity index is 2.21. The predicted octanol–water partition coefficient (Wildman–Crippen LogP) is 5.11. The van der Waals surface area contributed by atoms with Crippen molar-refractivity contribution in [3.8, 4) is 11.1 Å². The van der Waals surface area contributed by atoms with E-state index in [1.807, 2.05) is 49.4 Å². The maximum atomic E-state index is 14.4. The Morgan fingerprint density at radius 2 is 1.90 bits per heavy atom. The molecule has 21 heavy (non-hydrogen) atoms. The summed E-state index contributed by atoms with van der Waals surface area (Å²) < 4.78 is 14.4. The Kier molecular flexibility index (Phi) is 5.15. The molecule has 110 valence electrons. The summed E-state index contributed by atoms with van der Waals surface area (Å²) in [5.74, 6) is -0.0929. The van der Waals surface area contributed by atoms with Gasteiger partial charge in [-0.2, -0.15) is 0 Å². The number of nitrogens with one attached hydrogen (secondary N) is 1. The molecule has 0 aliphatic heterocycles. The fourth-order valence-corrected chi connectivity index (χ4v) is 2.29. The highest BCUT2D eigenvalue weighted by Crippen LogP contribution is 2.28. The molecular formula is C19H22FN. The zero-order valence-corrected chi connectivity index (χ0v) is 12.7. The highest BCUT2D eigenvalue weighted by Gasteiger charge is 2.12. The molecule has 1 atom stereocenters. The van der Waals surface area contributed by atoms with Gasteiger partial charge in [0.05, 0.1) is 0 Å². The summed E-state index contributed by atoms with van der Waals surface area (Å²) in [5.41, 5.74) is 3.42. The van der Waals surface area contributed by atoms with Crippen LogP contribution in [0, 0.1) is 5.82 Å². The summed E-state index contributed by atoms with van der Waals surface area (Å²) in [5, 5.41) is 3.28. The van der Waals surface area contributed by atoms with Gasteiger partial charge in [0.15, 0.2) is 0 Å². The van der Waals surface area contributed by atoms with E-state index >= 15 is 0 Å². The maximum Gasteiger partial charge on any atom is 0.131 e. The summed E-state index contributed by atoms with van der Waals surface area (Å²) in [6.07, 6.45) is 1.05. The Morgan fingerprint density at radius 1 is 1.19 bits per heavy atom. The zero-order valence-electron chi connectivity index (χ0n) is 12.7. The van der Waals surface area contributed by atoms with Crippen LogP contribution >= 0.6 is 0 Å². The fraction of sp³-hybridized carbons (Fsp3) is 0.263. The highest BCUT2D eigenvalue weighted by atomic mass is 19.1. The van der Waals surface area contributed by atoms with Crippen LogP contribution in [-0.2, 0) is 0 Å². The van der Waals surface area contributed by atoms with E-state index in [0.717, 1.165) is 29.8 Å². The monoisotopic (exact) mass is 283 g/mol. The number of rotatable bonds is 6. The van der Waals surface area contributed by atoms with Crippen molar-refractivity contribution in [1.29, 1.82) is 0 Å². The Labute approximate surface area is 126 Å². The van der Waals surface area contributed by atoms with Crippen LogP contribution in [-0.4, -0.2) is 6.54 Å². The third kappa shape index (κ3) is 3.72. The summed E-state index contributed by atoms with van der Waals surface area (Å²) in [7, 11) is 0. The number of allylic oxidation sites excluding steroid dienone is 1. The Morgan fingerprint density at radius 3 is 2.52 bits per heavy atom. The zero-order chi connectivity index (χ0) is 15.2. The van der Waals surface area contributed by atoms with Crippen molar-refractivity contribution in [2.45, 2.75) is 26.2 Å². The Bertz CT molecular complexity index is 604. The van der Waals surface area contributed by atoms with Gasteiger partial charge in [-0.3, -0.25) is 0 Å². The van der Waals surface area contributed by atoms with Crippen molar-refractivity contribution >= 4 is 0 Å². The van der Waals surface area contributed by atoms with Crippen LogP contribution in [0.3, 0.4) is 0 Å². The first kappa shape index (κ1) is 15.3. The first-order chi connectivity index (χ1) is 10.1. The van der Waals surface area contributed by atoms with E-state index in [0.29, 0.717) is 5.56 Å². The maximum absolute atomic E-state index is 14.4. The summed E-state index contributed by atoms with van der Waals surface area (Å²) in [6.45, 7) is 9.10. The smallest absolute Gasteiger partial charge is 0.131 e. The molecule has 0 aromatic heterocycles. The molecule has 1 unspecified atom stereocenters. The van der Waals surface area contributed by atoms with Gasteiger partial charge in [0, 0.05) is 23.7 Å². The largest absolute Gasteiger partial charge is 0.388 e. The molecule has 0 spiro atoms. The van der Waals surface area contributed by atoms with Crippen molar-refractivity contribution in [3.05, 3.63) is 72.2 Å². The van der Waals surface area contributed by atoms with E-state index in [9.17, 15) is 4.39 Å². The molecule has 0 fully saturated rings. The fourth-order valence-electron chi connectivity index (χ4n) is 2.29. The van der Waals surface area contributed by atoms with Crippen LogP contribution in [0.15, 0.2) is 60.8 Å². The van der Waals surface area contributed by atoms with Crippen LogP contribution in [0.4, 0.5) is 4.39 Å². The summed E-state index contributed by atoms with van der Waals surface area (Å²) in [4.78, 5) is 0. The summed E-state index contributed by atoms with van der Waals surface area (Å²) in [6, 6.07) is 15.1. The van der Waals surface area contributed by atoms with Crippen molar-refractivity contribution in [2.75, 3.05) is 6.54 Å². The molecule has 2 rings (SSSR count). The van der Waals surface area contributed by atoms with Crippen LogP contribution in [0.1, 0.15) is 31.7 Å². The second-order valence-electron chi connectivity index (χ2n) is 5.28. The van der Waals surface area contributed by atoms with E-state index in [2.05, 4.69) is 18.8 Å². The first-order valence-electron chi connectivity index (χ1n) is 7.41. The van der Waals surface area contributed by atoms with Gasteiger partial charge in [-0.1, -0.05) is 62.9 Å². The number of halogens is 1. The number of hydrogen-bond donors (Lipinski definition) is 1. The molecule has 0 radical (unpaired) electrons. The lowest BCUT2D eigenvalue weighted by atomic mass is 9.95. The summed E-state index contributed by atoms with van der Waals surface area (Å²) >= 11 is 0. The molecule has 0 bridgehead atoms. The minimum atomic E-state index is -0.186. The normalized spacial score (nSPS) is 12.0. The molecule has 2 aromatic rings. The second-order valence-corrected chi connectivity index (χ2v) is 5.28. The second kappa shape index (κ2) is 7.07. The lowest BCUT2D eigenvalue weighted by molar-refractivity contribution is 0.625.